The summed E-state index contributed by atoms with van der Waals surface area (Å²) in [6.45, 7) is 0. The molecule has 0 radical (unpaired) electrons. The molecule has 0 bridgehead atoms. The molecule has 1 heterocycles. The van der Waals surface area contributed by atoms with Crippen molar-refractivity contribution in [1.82, 2.24) is 0 Å². The number of rotatable bonds is 3. The molecule has 0 aliphatic carbocycles. The van der Waals surface area contributed by atoms with Crippen molar-refractivity contribution in [2.45, 2.75) is 6.23 Å². The number of hydrazone groups is 1. The third-order valence-electron chi connectivity index (χ3n) is 4.23. The van der Waals surface area contributed by atoms with Crippen LogP contribution in [0.1, 0.15) is 11.1 Å². The van der Waals surface area contributed by atoms with Crippen LogP contribution in [0.4, 0.5) is 5.69 Å². The van der Waals surface area contributed by atoms with Gasteiger partial charge in [0.25, 0.3) is 0 Å². The Morgan fingerprint density at radius 1 is 0.885 bits per heavy atom. The molecule has 0 saturated carbocycles. The molecule has 3 aromatic rings. The number of benzene rings is 3. The van der Waals surface area contributed by atoms with Gasteiger partial charge in [0.1, 0.15) is 0 Å². The fourth-order valence-electron chi connectivity index (χ4n) is 2.99. The van der Waals surface area contributed by atoms with E-state index in [1.807, 2.05) is 91.0 Å². The van der Waals surface area contributed by atoms with Crippen LogP contribution in [0.25, 0.3) is 6.08 Å². The Labute approximate surface area is 161 Å². The van der Waals surface area contributed by atoms with Crippen LogP contribution in [-0.2, 0) is 0 Å². The monoisotopic (exact) mass is 404 g/mol. The van der Waals surface area contributed by atoms with Gasteiger partial charge in [0.05, 0.1) is 11.4 Å². The van der Waals surface area contributed by atoms with Gasteiger partial charge in [0.15, 0.2) is 6.23 Å². The minimum Gasteiger partial charge on any atom is -0.368 e. The molecule has 4 rings (SSSR count). The highest BCUT2D eigenvalue weighted by Gasteiger charge is 2.31. The molecule has 0 spiro atoms. The number of anilines is 1. The molecule has 4 heteroatoms. The van der Waals surface area contributed by atoms with Crippen molar-refractivity contribution < 1.29 is 5.11 Å². The summed E-state index contributed by atoms with van der Waals surface area (Å²) in [4.78, 5) is 0. The molecule has 0 amide bonds. The van der Waals surface area contributed by atoms with Gasteiger partial charge in [-0.2, -0.15) is 5.10 Å². The minimum absolute atomic E-state index is 0.776. The Bertz CT molecular complexity index is 968. The normalized spacial score (nSPS) is 18.2. The highest BCUT2D eigenvalue weighted by molar-refractivity contribution is 9.10. The summed E-state index contributed by atoms with van der Waals surface area (Å²) in [5, 5.41) is 17.4. The number of para-hydroxylation sites is 1. The van der Waals surface area contributed by atoms with Gasteiger partial charge in [-0.1, -0.05) is 76.6 Å². The first-order chi connectivity index (χ1) is 12.7. The summed E-state index contributed by atoms with van der Waals surface area (Å²) >= 11 is 3.50. The van der Waals surface area contributed by atoms with Crippen molar-refractivity contribution in [3.05, 3.63) is 106 Å². The summed E-state index contributed by atoms with van der Waals surface area (Å²) < 4.78 is 0.998. The zero-order valence-electron chi connectivity index (χ0n) is 14.0. The third-order valence-corrected chi connectivity index (χ3v) is 4.72. The second-order valence-corrected chi connectivity index (χ2v) is 6.94. The number of aliphatic hydroxyl groups excluding tert-OH is 1. The number of hydrogen-bond donors (Lipinski definition) is 1. The fraction of sp³-hybridized carbons (Fsp3) is 0.0455. The fourth-order valence-corrected chi connectivity index (χ4v) is 3.41. The first kappa shape index (κ1) is 16.8. The van der Waals surface area contributed by atoms with Crippen LogP contribution in [0, 0.1) is 0 Å². The molecule has 26 heavy (non-hydrogen) atoms. The Hall–Kier alpha value is -2.69. The standard InChI is InChI=1S/C22H17BrN2O/c23-18-11-7-8-16(14-18)15-20-21(17-9-3-1-4-10-17)24-25(22(20)26)19-12-5-2-6-13-19/h1-15,22,26H. The predicted molar refractivity (Wildman–Crippen MR) is 110 cm³/mol. The lowest BCUT2D eigenvalue weighted by molar-refractivity contribution is 0.219. The van der Waals surface area contributed by atoms with Gasteiger partial charge in [-0.25, -0.2) is 5.01 Å². The van der Waals surface area contributed by atoms with Crippen LogP contribution in [0.5, 0.6) is 0 Å². The van der Waals surface area contributed by atoms with E-state index in [9.17, 15) is 5.11 Å². The smallest absolute Gasteiger partial charge is 0.176 e. The topological polar surface area (TPSA) is 35.8 Å². The quantitative estimate of drug-likeness (QED) is 0.660. The molecule has 1 aliphatic heterocycles. The van der Waals surface area contributed by atoms with E-state index in [1.54, 1.807) is 5.01 Å². The third kappa shape index (κ3) is 3.34. The van der Waals surface area contributed by atoms with E-state index in [0.717, 1.165) is 32.6 Å². The Kier molecular flexibility index (Phi) is 4.69. The number of aliphatic hydroxyl groups is 1. The van der Waals surface area contributed by atoms with E-state index in [2.05, 4.69) is 15.9 Å². The molecular formula is C22H17BrN2O. The summed E-state index contributed by atoms with van der Waals surface area (Å²) in [5.74, 6) is 0. The summed E-state index contributed by atoms with van der Waals surface area (Å²) in [6.07, 6.45) is 1.15. The molecule has 0 aromatic heterocycles. The predicted octanol–water partition coefficient (Wildman–Crippen LogP) is 5.08. The van der Waals surface area contributed by atoms with Crippen LogP contribution >= 0.6 is 15.9 Å². The van der Waals surface area contributed by atoms with Crippen molar-refractivity contribution in [3.8, 4) is 0 Å². The van der Waals surface area contributed by atoms with Gasteiger partial charge in [-0.15, -0.1) is 0 Å². The lowest BCUT2D eigenvalue weighted by atomic mass is 9.99. The van der Waals surface area contributed by atoms with E-state index in [4.69, 9.17) is 5.10 Å². The van der Waals surface area contributed by atoms with Gasteiger partial charge in [-0.3, -0.25) is 0 Å². The largest absolute Gasteiger partial charge is 0.368 e. The molecular weight excluding hydrogens is 388 g/mol. The second kappa shape index (κ2) is 7.28. The maximum absolute atomic E-state index is 11.0. The number of nitrogens with zero attached hydrogens (tertiary/aromatic N) is 2. The molecule has 0 saturated heterocycles. The van der Waals surface area contributed by atoms with Gasteiger partial charge in [0.2, 0.25) is 0 Å². The van der Waals surface area contributed by atoms with Crippen molar-refractivity contribution in [1.29, 1.82) is 0 Å². The molecule has 1 aliphatic rings. The van der Waals surface area contributed by atoms with E-state index in [1.165, 1.54) is 0 Å². The van der Waals surface area contributed by atoms with Crippen molar-refractivity contribution in [2.75, 3.05) is 5.01 Å². The number of halogens is 1. The van der Waals surface area contributed by atoms with Crippen LogP contribution in [0.2, 0.25) is 0 Å². The minimum atomic E-state index is -0.841. The first-order valence-corrected chi connectivity index (χ1v) is 9.15. The van der Waals surface area contributed by atoms with E-state index >= 15 is 0 Å². The average Bonchev–Trinajstić information content (AvgIpc) is 3.00. The lowest BCUT2D eigenvalue weighted by Crippen LogP contribution is -2.27. The summed E-state index contributed by atoms with van der Waals surface area (Å²) in [6, 6.07) is 27.7. The SMILES string of the molecule is OC1C(=Cc2cccc(Br)c2)C(c2ccccc2)=NN1c1ccccc1. The van der Waals surface area contributed by atoms with E-state index in [-0.39, 0.29) is 0 Å². The van der Waals surface area contributed by atoms with Crippen LogP contribution in [0.15, 0.2) is 100 Å². The Morgan fingerprint density at radius 3 is 2.27 bits per heavy atom. The molecule has 0 fully saturated rings. The molecule has 1 unspecified atom stereocenters. The van der Waals surface area contributed by atoms with Crippen molar-refractivity contribution in [2.24, 2.45) is 5.10 Å². The average molecular weight is 405 g/mol. The van der Waals surface area contributed by atoms with Gasteiger partial charge in [0, 0.05) is 15.6 Å². The zero-order valence-corrected chi connectivity index (χ0v) is 15.5. The van der Waals surface area contributed by atoms with Gasteiger partial charge >= 0.3 is 0 Å². The second-order valence-electron chi connectivity index (χ2n) is 6.02. The molecule has 1 atom stereocenters. The highest BCUT2D eigenvalue weighted by atomic mass is 79.9. The molecule has 3 nitrogen and oxygen atoms in total. The van der Waals surface area contributed by atoms with E-state index in [0.29, 0.717) is 0 Å². The summed E-state index contributed by atoms with van der Waals surface area (Å²) in [7, 11) is 0. The van der Waals surface area contributed by atoms with Crippen molar-refractivity contribution >= 4 is 33.4 Å². The van der Waals surface area contributed by atoms with Gasteiger partial charge < -0.3 is 5.11 Å². The highest BCUT2D eigenvalue weighted by Crippen LogP contribution is 2.30. The summed E-state index contributed by atoms with van der Waals surface area (Å²) in [5.41, 5.74) is 4.39. The van der Waals surface area contributed by atoms with Crippen molar-refractivity contribution in [3.63, 3.8) is 0 Å². The molecule has 128 valence electrons. The van der Waals surface area contributed by atoms with Crippen LogP contribution < -0.4 is 5.01 Å². The molecule has 1 N–H and O–H groups in total. The Morgan fingerprint density at radius 2 is 1.58 bits per heavy atom. The number of hydrogen-bond acceptors (Lipinski definition) is 3. The van der Waals surface area contributed by atoms with Gasteiger partial charge in [-0.05, 0) is 35.9 Å². The maximum atomic E-state index is 11.0. The molecule has 3 aromatic carbocycles. The lowest BCUT2D eigenvalue weighted by Gasteiger charge is -2.19. The Balaban J connectivity index is 1.82. The van der Waals surface area contributed by atoms with E-state index < -0.39 is 6.23 Å². The van der Waals surface area contributed by atoms with Crippen LogP contribution in [0.3, 0.4) is 0 Å². The zero-order chi connectivity index (χ0) is 17.9. The maximum Gasteiger partial charge on any atom is 0.176 e. The van der Waals surface area contributed by atoms with Crippen LogP contribution in [-0.4, -0.2) is 17.0 Å². The first-order valence-electron chi connectivity index (χ1n) is 8.36.